The van der Waals surface area contributed by atoms with Crippen LogP contribution in [-0.2, 0) is 0 Å². The maximum Gasteiger partial charge on any atom is 0.145 e. The Morgan fingerprint density at radius 2 is 1.67 bits per heavy atom. The minimum absolute atomic E-state index is 0.115. The van der Waals surface area contributed by atoms with Gasteiger partial charge < -0.3 is 10.5 Å². The largest absolute Gasteiger partial charge is 0.456 e. The summed E-state index contributed by atoms with van der Waals surface area (Å²) >= 11 is 0. The number of rotatable bonds is 3. The zero-order valence-electron chi connectivity index (χ0n) is 10.1. The first-order valence-electron chi connectivity index (χ1n) is 5.74. The molecule has 0 aromatic heterocycles. The van der Waals surface area contributed by atoms with Gasteiger partial charge in [-0.3, -0.25) is 0 Å². The highest BCUT2D eigenvalue weighted by atomic mass is 16.5. The average Bonchev–Trinajstić information content (AvgIpc) is 2.40. The summed E-state index contributed by atoms with van der Waals surface area (Å²) in [6.07, 6.45) is 0. The quantitative estimate of drug-likeness (QED) is 0.891. The lowest BCUT2D eigenvalue weighted by Crippen LogP contribution is -2.06. The van der Waals surface area contributed by atoms with Gasteiger partial charge in [0.2, 0.25) is 0 Å². The van der Waals surface area contributed by atoms with Crippen molar-refractivity contribution >= 4 is 0 Å². The number of benzene rings is 2. The van der Waals surface area contributed by atoms with E-state index in [1.54, 1.807) is 12.1 Å². The molecule has 18 heavy (non-hydrogen) atoms. The Morgan fingerprint density at radius 1 is 1.06 bits per heavy atom. The lowest BCUT2D eigenvalue weighted by molar-refractivity contribution is 0.470. The van der Waals surface area contributed by atoms with E-state index in [4.69, 9.17) is 15.7 Å². The van der Waals surface area contributed by atoms with E-state index in [2.05, 4.69) is 6.07 Å². The molecule has 3 heteroatoms. The maximum absolute atomic E-state index is 9.02. The summed E-state index contributed by atoms with van der Waals surface area (Å²) in [5.41, 5.74) is 7.33. The van der Waals surface area contributed by atoms with Crippen molar-refractivity contribution in [1.29, 1.82) is 5.26 Å². The molecule has 0 aliphatic rings. The van der Waals surface area contributed by atoms with Crippen LogP contribution >= 0.6 is 0 Å². The van der Waals surface area contributed by atoms with Gasteiger partial charge in [-0.05, 0) is 25.1 Å². The van der Waals surface area contributed by atoms with E-state index in [-0.39, 0.29) is 6.04 Å². The van der Waals surface area contributed by atoms with E-state index in [0.717, 1.165) is 5.56 Å². The second-order valence-electron chi connectivity index (χ2n) is 4.04. The molecule has 0 unspecified atom stereocenters. The van der Waals surface area contributed by atoms with E-state index < -0.39 is 0 Å². The van der Waals surface area contributed by atoms with E-state index in [1.807, 2.05) is 43.3 Å². The Labute approximate surface area is 106 Å². The number of nitrogens with zero attached hydrogens (tertiary/aromatic N) is 1. The molecule has 2 aromatic rings. The molecule has 2 N–H and O–H groups in total. The van der Waals surface area contributed by atoms with Gasteiger partial charge in [-0.2, -0.15) is 5.26 Å². The Hall–Kier alpha value is -2.31. The molecule has 0 bridgehead atoms. The van der Waals surface area contributed by atoms with Crippen molar-refractivity contribution in [3.8, 4) is 17.6 Å². The van der Waals surface area contributed by atoms with Crippen LogP contribution in [0.15, 0.2) is 48.5 Å². The van der Waals surface area contributed by atoms with E-state index in [9.17, 15) is 0 Å². The van der Waals surface area contributed by atoms with Crippen molar-refractivity contribution in [3.63, 3.8) is 0 Å². The molecule has 3 nitrogen and oxygen atoms in total. The molecule has 0 heterocycles. The van der Waals surface area contributed by atoms with Gasteiger partial charge in [0.1, 0.15) is 17.6 Å². The van der Waals surface area contributed by atoms with Crippen LogP contribution in [0.5, 0.6) is 11.5 Å². The zero-order valence-corrected chi connectivity index (χ0v) is 10.1. The number of ether oxygens (including phenoxy) is 1. The number of para-hydroxylation sites is 2. The topological polar surface area (TPSA) is 59.0 Å². The lowest BCUT2D eigenvalue weighted by atomic mass is 10.1. The molecule has 1 atom stereocenters. The summed E-state index contributed by atoms with van der Waals surface area (Å²) in [6, 6.07) is 16.7. The molecule has 2 rings (SSSR count). The fourth-order valence-electron chi connectivity index (χ4n) is 1.72. The van der Waals surface area contributed by atoms with Crippen molar-refractivity contribution in [2.75, 3.05) is 0 Å². The summed E-state index contributed by atoms with van der Waals surface area (Å²) in [5.74, 6) is 1.24. The summed E-state index contributed by atoms with van der Waals surface area (Å²) in [5, 5.41) is 9.02. The Bertz CT molecular complexity index is 585. The van der Waals surface area contributed by atoms with Gasteiger partial charge in [0.05, 0.1) is 5.56 Å². The highest BCUT2D eigenvalue weighted by Crippen LogP contribution is 2.30. The smallest absolute Gasteiger partial charge is 0.145 e. The van der Waals surface area contributed by atoms with Gasteiger partial charge in [0, 0.05) is 11.6 Å². The minimum Gasteiger partial charge on any atom is -0.456 e. The molecular weight excluding hydrogens is 224 g/mol. The molecule has 2 aromatic carbocycles. The molecule has 90 valence electrons. The standard InChI is InChI=1S/C15H14N2O/c1-11(17)13-7-3-5-9-15(13)18-14-8-4-2-6-12(14)10-16/h2-9,11H,17H2,1H3/t11-/m1/s1. The first-order chi connectivity index (χ1) is 8.72. The van der Waals surface area contributed by atoms with Crippen LogP contribution in [0.3, 0.4) is 0 Å². The van der Waals surface area contributed by atoms with Crippen LogP contribution in [0.4, 0.5) is 0 Å². The van der Waals surface area contributed by atoms with Crippen molar-refractivity contribution in [3.05, 3.63) is 59.7 Å². The fourth-order valence-corrected chi connectivity index (χ4v) is 1.72. The fraction of sp³-hybridized carbons (Fsp3) is 0.133. The van der Waals surface area contributed by atoms with E-state index in [0.29, 0.717) is 17.1 Å². The van der Waals surface area contributed by atoms with Gasteiger partial charge in [0.15, 0.2) is 0 Å². The monoisotopic (exact) mass is 238 g/mol. The first kappa shape index (κ1) is 12.2. The van der Waals surface area contributed by atoms with Gasteiger partial charge in [-0.1, -0.05) is 30.3 Å². The molecule has 0 amide bonds. The second kappa shape index (κ2) is 5.35. The third-order valence-corrected chi connectivity index (χ3v) is 2.64. The minimum atomic E-state index is -0.115. The van der Waals surface area contributed by atoms with Crippen LogP contribution in [0.1, 0.15) is 24.1 Å². The Kier molecular flexibility index (Phi) is 3.61. The van der Waals surface area contributed by atoms with Gasteiger partial charge in [0.25, 0.3) is 0 Å². The van der Waals surface area contributed by atoms with Crippen LogP contribution in [0.2, 0.25) is 0 Å². The van der Waals surface area contributed by atoms with Crippen molar-refractivity contribution in [1.82, 2.24) is 0 Å². The maximum atomic E-state index is 9.02. The summed E-state index contributed by atoms with van der Waals surface area (Å²) in [6.45, 7) is 1.90. The number of hydrogen-bond acceptors (Lipinski definition) is 3. The normalized spacial score (nSPS) is 11.6. The van der Waals surface area contributed by atoms with E-state index >= 15 is 0 Å². The predicted octanol–water partition coefficient (Wildman–Crippen LogP) is 3.37. The van der Waals surface area contributed by atoms with Crippen molar-refractivity contribution in [2.24, 2.45) is 5.73 Å². The molecule has 0 fully saturated rings. The summed E-state index contributed by atoms with van der Waals surface area (Å²) in [7, 11) is 0. The van der Waals surface area contributed by atoms with Crippen LogP contribution < -0.4 is 10.5 Å². The molecule has 0 spiro atoms. The van der Waals surface area contributed by atoms with Crippen molar-refractivity contribution in [2.45, 2.75) is 13.0 Å². The predicted molar refractivity (Wildman–Crippen MR) is 70.3 cm³/mol. The molecule has 0 aliphatic carbocycles. The first-order valence-corrected chi connectivity index (χ1v) is 5.74. The average molecular weight is 238 g/mol. The molecular formula is C15H14N2O. The van der Waals surface area contributed by atoms with Gasteiger partial charge in [-0.25, -0.2) is 0 Å². The van der Waals surface area contributed by atoms with Crippen LogP contribution in [-0.4, -0.2) is 0 Å². The lowest BCUT2D eigenvalue weighted by Gasteiger charge is -2.14. The van der Waals surface area contributed by atoms with Crippen LogP contribution in [0.25, 0.3) is 0 Å². The molecule has 0 saturated carbocycles. The van der Waals surface area contributed by atoms with Gasteiger partial charge in [-0.15, -0.1) is 0 Å². The third kappa shape index (κ3) is 2.50. The molecule has 0 aliphatic heterocycles. The van der Waals surface area contributed by atoms with Crippen LogP contribution in [0, 0.1) is 11.3 Å². The Balaban J connectivity index is 2.38. The number of hydrogen-bond donors (Lipinski definition) is 1. The highest BCUT2D eigenvalue weighted by Gasteiger charge is 2.09. The Morgan fingerprint density at radius 3 is 2.33 bits per heavy atom. The summed E-state index contributed by atoms with van der Waals surface area (Å²) in [4.78, 5) is 0. The highest BCUT2D eigenvalue weighted by molar-refractivity contribution is 5.47. The number of nitriles is 1. The third-order valence-electron chi connectivity index (χ3n) is 2.64. The number of nitrogens with two attached hydrogens (primary N) is 1. The molecule has 0 radical (unpaired) electrons. The zero-order chi connectivity index (χ0) is 13.0. The summed E-state index contributed by atoms with van der Waals surface area (Å²) < 4.78 is 5.79. The molecule has 0 saturated heterocycles. The second-order valence-corrected chi connectivity index (χ2v) is 4.04. The van der Waals surface area contributed by atoms with Gasteiger partial charge >= 0.3 is 0 Å². The van der Waals surface area contributed by atoms with E-state index in [1.165, 1.54) is 0 Å². The SMILES string of the molecule is C[C@@H](N)c1ccccc1Oc1ccccc1C#N. The van der Waals surface area contributed by atoms with Crippen molar-refractivity contribution < 1.29 is 4.74 Å².